The zero-order valence-corrected chi connectivity index (χ0v) is 14.0. The third-order valence-corrected chi connectivity index (χ3v) is 3.87. The number of nitrogens with zero attached hydrogens (tertiary/aromatic N) is 2. The fraction of sp³-hybridized carbons (Fsp3) is 0.333. The van der Waals surface area contributed by atoms with Crippen LogP contribution in [0, 0.1) is 3.57 Å². The molecule has 5 nitrogen and oxygen atoms in total. The molecule has 1 aromatic carbocycles. The number of hydrogen-bond acceptors (Lipinski definition) is 5. The van der Waals surface area contributed by atoms with E-state index in [1.807, 2.05) is 25.1 Å². The Morgan fingerprint density at radius 3 is 3.05 bits per heavy atom. The average molecular weight is 438 g/mol. The molecule has 2 N–H and O–H groups in total. The molecule has 0 aliphatic rings. The molecule has 2 aromatic rings. The zero-order chi connectivity index (χ0) is 13.8. The fourth-order valence-electron chi connectivity index (χ4n) is 1.48. The van der Waals surface area contributed by atoms with E-state index in [0.717, 1.165) is 13.6 Å². The summed E-state index contributed by atoms with van der Waals surface area (Å²) >= 11 is 5.65. The Kier molecular flexibility index (Phi) is 5.31. The molecule has 2 rings (SSSR count). The van der Waals surface area contributed by atoms with Gasteiger partial charge in [-0.15, -0.1) is 0 Å². The molecule has 0 saturated heterocycles. The van der Waals surface area contributed by atoms with Crippen LogP contribution >= 0.6 is 38.5 Å². The Bertz CT molecular complexity index is 562. The van der Waals surface area contributed by atoms with Gasteiger partial charge in [-0.05, 0) is 47.7 Å². The third kappa shape index (κ3) is 3.74. The second-order valence-corrected chi connectivity index (χ2v) is 5.93. The second kappa shape index (κ2) is 6.78. The Morgan fingerprint density at radius 1 is 1.53 bits per heavy atom. The van der Waals surface area contributed by atoms with Gasteiger partial charge in [-0.3, -0.25) is 0 Å². The topological polar surface area (TPSA) is 74.2 Å². The van der Waals surface area contributed by atoms with Crippen LogP contribution in [-0.2, 0) is 4.74 Å². The van der Waals surface area contributed by atoms with E-state index in [1.165, 1.54) is 0 Å². The molecule has 1 aromatic heterocycles. The summed E-state index contributed by atoms with van der Waals surface area (Å²) in [5.74, 6) is 0.923. The lowest BCUT2D eigenvalue weighted by atomic mass is 10.2. The third-order valence-electron chi connectivity index (χ3n) is 2.43. The molecular formula is C12H13BrIN3O2. The first-order chi connectivity index (χ1) is 9.11. The molecular weight excluding hydrogens is 425 g/mol. The maximum absolute atomic E-state index is 5.92. The van der Waals surface area contributed by atoms with Gasteiger partial charge >= 0.3 is 0 Å². The molecule has 0 aliphatic heterocycles. The highest BCUT2D eigenvalue weighted by atomic mass is 127. The number of aromatic nitrogens is 2. The van der Waals surface area contributed by atoms with Crippen molar-refractivity contribution in [3.05, 3.63) is 32.1 Å². The Labute approximate surface area is 133 Å². The van der Waals surface area contributed by atoms with Crippen LogP contribution in [0.4, 0.5) is 0 Å². The predicted molar refractivity (Wildman–Crippen MR) is 83.6 cm³/mol. The van der Waals surface area contributed by atoms with Gasteiger partial charge in [-0.2, -0.15) is 4.98 Å². The number of hydrogen-bond donors (Lipinski definition) is 1. The van der Waals surface area contributed by atoms with Crippen molar-refractivity contribution < 1.29 is 9.26 Å². The number of halogens is 2. The number of ether oxygens (including phenoxy) is 1. The van der Waals surface area contributed by atoms with Crippen LogP contribution in [0.15, 0.2) is 27.2 Å². The number of benzene rings is 1. The summed E-state index contributed by atoms with van der Waals surface area (Å²) in [6.07, 6.45) is 0. The van der Waals surface area contributed by atoms with E-state index in [4.69, 9.17) is 15.0 Å². The van der Waals surface area contributed by atoms with Crippen molar-refractivity contribution in [2.45, 2.75) is 13.0 Å². The number of nitrogens with two attached hydrogens (primary N) is 1. The lowest BCUT2D eigenvalue weighted by Crippen LogP contribution is -2.18. The maximum atomic E-state index is 5.92. The largest absolute Gasteiger partial charge is 0.380 e. The summed E-state index contributed by atoms with van der Waals surface area (Å²) in [5.41, 5.74) is 6.81. The second-order valence-electron chi connectivity index (χ2n) is 3.85. The van der Waals surface area contributed by atoms with Crippen LogP contribution in [0.2, 0.25) is 0 Å². The van der Waals surface area contributed by atoms with Crippen molar-refractivity contribution in [2.24, 2.45) is 5.73 Å². The van der Waals surface area contributed by atoms with Crippen molar-refractivity contribution in [1.82, 2.24) is 10.1 Å². The van der Waals surface area contributed by atoms with E-state index in [9.17, 15) is 0 Å². The summed E-state index contributed by atoms with van der Waals surface area (Å²) in [4.78, 5) is 4.33. The normalized spacial score (nSPS) is 12.6. The van der Waals surface area contributed by atoms with E-state index in [2.05, 4.69) is 48.7 Å². The summed E-state index contributed by atoms with van der Waals surface area (Å²) in [7, 11) is 0. The highest BCUT2D eigenvalue weighted by molar-refractivity contribution is 14.1. The summed E-state index contributed by atoms with van der Waals surface area (Å²) in [6, 6.07) is 5.50. The van der Waals surface area contributed by atoms with Crippen LogP contribution in [0.5, 0.6) is 0 Å². The van der Waals surface area contributed by atoms with Gasteiger partial charge in [0.1, 0.15) is 0 Å². The molecule has 1 unspecified atom stereocenters. The van der Waals surface area contributed by atoms with Gasteiger partial charge in [-0.1, -0.05) is 21.1 Å². The number of rotatable bonds is 5. The van der Waals surface area contributed by atoms with Crippen molar-refractivity contribution in [2.75, 3.05) is 13.2 Å². The highest BCUT2D eigenvalue weighted by Gasteiger charge is 2.17. The SMILES string of the molecule is CCOCC(N)c1noc(-c2cc(Br)ccc2I)n1. The van der Waals surface area contributed by atoms with Crippen LogP contribution in [0.25, 0.3) is 11.5 Å². The first-order valence-corrected chi connectivity index (χ1v) is 7.61. The van der Waals surface area contributed by atoms with Gasteiger partial charge in [0, 0.05) is 14.6 Å². The molecule has 102 valence electrons. The fourth-order valence-corrected chi connectivity index (χ4v) is 2.40. The van der Waals surface area contributed by atoms with Crippen molar-refractivity contribution in [3.8, 4) is 11.5 Å². The smallest absolute Gasteiger partial charge is 0.259 e. The van der Waals surface area contributed by atoms with Crippen LogP contribution in [-0.4, -0.2) is 23.4 Å². The minimum absolute atomic E-state index is 0.373. The minimum Gasteiger partial charge on any atom is -0.380 e. The van der Waals surface area contributed by atoms with Gasteiger partial charge in [0.2, 0.25) is 0 Å². The van der Waals surface area contributed by atoms with Crippen molar-refractivity contribution in [3.63, 3.8) is 0 Å². The van der Waals surface area contributed by atoms with Crippen LogP contribution in [0.1, 0.15) is 18.8 Å². The molecule has 0 radical (unpaired) electrons. The van der Waals surface area contributed by atoms with E-state index in [0.29, 0.717) is 24.9 Å². The van der Waals surface area contributed by atoms with E-state index in [-0.39, 0.29) is 6.04 Å². The van der Waals surface area contributed by atoms with E-state index in [1.54, 1.807) is 0 Å². The minimum atomic E-state index is -0.373. The molecule has 7 heteroatoms. The highest BCUT2D eigenvalue weighted by Crippen LogP contribution is 2.27. The summed E-state index contributed by atoms with van der Waals surface area (Å²) < 4.78 is 12.5. The van der Waals surface area contributed by atoms with Crippen molar-refractivity contribution >= 4 is 38.5 Å². The van der Waals surface area contributed by atoms with Gasteiger partial charge < -0.3 is 15.0 Å². The monoisotopic (exact) mass is 437 g/mol. The molecule has 0 saturated carbocycles. The van der Waals surface area contributed by atoms with Crippen LogP contribution in [0.3, 0.4) is 0 Å². The van der Waals surface area contributed by atoms with Gasteiger partial charge in [-0.25, -0.2) is 0 Å². The summed E-state index contributed by atoms with van der Waals surface area (Å²) in [5, 5.41) is 3.91. The van der Waals surface area contributed by atoms with Crippen LogP contribution < -0.4 is 5.73 Å². The van der Waals surface area contributed by atoms with Crippen molar-refractivity contribution in [1.29, 1.82) is 0 Å². The Hall–Kier alpha value is -0.510. The maximum Gasteiger partial charge on any atom is 0.259 e. The molecule has 0 spiro atoms. The lowest BCUT2D eigenvalue weighted by molar-refractivity contribution is 0.130. The lowest BCUT2D eigenvalue weighted by Gasteiger charge is -2.05. The van der Waals surface area contributed by atoms with Gasteiger partial charge in [0.15, 0.2) is 5.82 Å². The molecule has 1 heterocycles. The molecule has 0 amide bonds. The molecule has 0 bridgehead atoms. The molecule has 0 aliphatic carbocycles. The first kappa shape index (κ1) is 14.9. The van der Waals surface area contributed by atoms with Gasteiger partial charge in [0.05, 0.1) is 18.2 Å². The molecule has 19 heavy (non-hydrogen) atoms. The molecule has 0 fully saturated rings. The standard InChI is InChI=1S/C12H13BrIN3O2/c1-2-18-6-10(15)11-16-12(19-17-11)8-5-7(13)3-4-9(8)14/h3-5,10H,2,6,15H2,1H3. The average Bonchev–Trinajstić information content (AvgIpc) is 2.88. The predicted octanol–water partition coefficient (Wildman–Crippen LogP) is 3.14. The van der Waals surface area contributed by atoms with E-state index < -0.39 is 0 Å². The molecule has 1 atom stereocenters. The summed E-state index contributed by atoms with van der Waals surface area (Å²) in [6.45, 7) is 2.91. The first-order valence-electron chi connectivity index (χ1n) is 5.74. The Morgan fingerprint density at radius 2 is 2.32 bits per heavy atom. The van der Waals surface area contributed by atoms with E-state index >= 15 is 0 Å². The zero-order valence-electron chi connectivity index (χ0n) is 10.3. The quantitative estimate of drug-likeness (QED) is 0.727. The van der Waals surface area contributed by atoms with Gasteiger partial charge in [0.25, 0.3) is 5.89 Å². The Balaban J connectivity index is 2.23.